The highest BCUT2D eigenvalue weighted by molar-refractivity contribution is 5.71. The quantitative estimate of drug-likeness (QED) is 0.0261. The van der Waals surface area contributed by atoms with Gasteiger partial charge in [-0.2, -0.15) is 0 Å². The summed E-state index contributed by atoms with van der Waals surface area (Å²) in [5.41, 5.74) is 0. The van der Waals surface area contributed by atoms with Crippen LogP contribution in [0.15, 0.2) is 109 Å². The summed E-state index contributed by atoms with van der Waals surface area (Å²) in [4.78, 5) is 38.3. The van der Waals surface area contributed by atoms with Crippen LogP contribution in [0, 0.1) is 0 Å². The predicted molar refractivity (Wildman–Crippen MR) is 339 cm³/mol. The van der Waals surface area contributed by atoms with E-state index in [4.69, 9.17) is 14.2 Å². The largest absolute Gasteiger partial charge is 0.462 e. The van der Waals surface area contributed by atoms with Crippen molar-refractivity contribution < 1.29 is 28.6 Å². The second-order valence-corrected chi connectivity index (χ2v) is 21.6. The van der Waals surface area contributed by atoms with Crippen molar-refractivity contribution in [1.82, 2.24) is 0 Å². The normalized spacial score (nSPS) is 12.8. The van der Waals surface area contributed by atoms with E-state index in [0.29, 0.717) is 19.3 Å². The van der Waals surface area contributed by atoms with Gasteiger partial charge in [0, 0.05) is 19.3 Å². The molecule has 0 amide bonds. The first-order chi connectivity index (χ1) is 38.5. The SMILES string of the molecule is CC/C=C\C/C=C\C/C=C\C/C=C\C/C=C\C/C=C\C/C=C\C/C=C\CCCCC(=O)OCC(COC(=O)CCCCCCC/C=C\CCCCCCC)OC(=O)CCCCCCCCCCCCCCCCCCCCC. The fraction of sp³-hybridized carbons (Fsp3) is 0.708. The van der Waals surface area contributed by atoms with Crippen molar-refractivity contribution in [2.45, 2.75) is 316 Å². The highest BCUT2D eigenvalue weighted by Crippen LogP contribution is 2.16. The van der Waals surface area contributed by atoms with E-state index in [0.717, 1.165) is 116 Å². The van der Waals surface area contributed by atoms with Crippen LogP contribution >= 0.6 is 0 Å². The Balaban J connectivity index is 4.42. The second-order valence-electron chi connectivity index (χ2n) is 21.6. The highest BCUT2D eigenvalue weighted by Gasteiger charge is 2.19. The van der Waals surface area contributed by atoms with Gasteiger partial charge in [-0.3, -0.25) is 14.4 Å². The van der Waals surface area contributed by atoms with Crippen LogP contribution in [-0.2, 0) is 28.6 Å². The molecular formula is C72H122O6. The van der Waals surface area contributed by atoms with Gasteiger partial charge in [-0.15, -0.1) is 0 Å². The molecule has 0 N–H and O–H groups in total. The number of esters is 3. The van der Waals surface area contributed by atoms with E-state index in [1.807, 2.05) is 0 Å². The van der Waals surface area contributed by atoms with E-state index in [2.05, 4.69) is 130 Å². The van der Waals surface area contributed by atoms with Crippen molar-refractivity contribution in [2.75, 3.05) is 13.2 Å². The molecule has 0 aliphatic heterocycles. The Hall–Kier alpha value is -3.93. The topological polar surface area (TPSA) is 78.9 Å². The number of allylic oxidation sites excluding steroid dienone is 18. The number of carbonyl (C=O) groups excluding carboxylic acids is 3. The molecule has 1 atom stereocenters. The van der Waals surface area contributed by atoms with Gasteiger partial charge in [0.05, 0.1) is 0 Å². The molecule has 6 heteroatoms. The van der Waals surface area contributed by atoms with Crippen LogP contribution in [0.1, 0.15) is 310 Å². The van der Waals surface area contributed by atoms with Gasteiger partial charge in [-0.05, 0) is 109 Å². The summed E-state index contributed by atoms with van der Waals surface area (Å²) in [6.07, 6.45) is 89.5. The molecule has 0 aromatic rings. The van der Waals surface area contributed by atoms with Crippen molar-refractivity contribution in [2.24, 2.45) is 0 Å². The molecule has 0 fully saturated rings. The fourth-order valence-electron chi connectivity index (χ4n) is 9.10. The Morgan fingerprint density at radius 3 is 0.821 bits per heavy atom. The number of carbonyl (C=O) groups is 3. The maximum atomic E-state index is 12.9. The van der Waals surface area contributed by atoms with Gasteiger partial charge in [0.1, 0.15) is 13.2 Å². The van der Waals surface area contributed by atoms with Crippen molar-refractivity contribution in [3.8, 4) is 0 Å². The maximum Gasteiger partial charge on any atom is 0.306 e. The fourth-order valence-corrected chi connectivity index (χ4v) is 9.10. The van der Waals surface area contributed by atoms with Crippen LogP contribution in [-0.4, -0.2) is 37.2 Å². The van der Waals surface area contributed by atoms with Crippen LogP contribution in [0.2, 0.25) is 0 Å². The van der Waals surface area contributed by atoms with Gasteiger partial charge in [0.2, 0.25) is 0 Å². The van der Waals surface area contributed by atoms with Crippen molar-refractivity contribution in [3.05, 3.63) is 109 Å². The molecular weight excluding hydrogens is 961 g/mol. The molecule has 0 aliphatic carbocycles. The van der Waals surface area contributed by atoms with Gasteiger partial charge >= 0.3 is 17.9 Å². The van der Waals surface area contributed by atoms with E-state index in [9.17, 15) is 14.4 Å². The van der Waals surface area contributed by atoms with Gasteiger partial charge < -0.3 is 14.2 Å². The van der Waals surface area contributed by atoms with Gasteiger partial charge in [0.25, 0.3) is 0 Å². The predicted octanol–water partition coefficient (Wildman–Crippen LogP) is 22.6. The number of hydrogen-bond donors (Lipinski definition) is 0. The third kappa shape index (κ3) is 62.9. The summed E-state index contributed by atoms with van der Waals surface area (Å²) >= 11 is 0. The van der Waals surface area contributed by atoms with Crippen molar-refractivity contribution in [1.29, 1.82) is 0 Å². The molecule has 6 nitrogen and oxygen atoms in total. The average molecular weight is 1080 g/mol. The molecule has 0 aromatic carbocycles. The van der Waals surface area contributed by atoms with Gasteiger partial charge in [0.15, 0.2) is 6.10 Å². The zero-order valence-electron chi connectivity index (χ0n) is 51.2. The van der Waals surface area contributed by atoms with E-state index in [1.54, 1.807) is 0 Å². The molecule has 0 rings (SSSR count). The summed E-state index contributed by atoms with van der Waals surface area (Å²) < 4.78 is 16.9. The Labute approximate surface area is 482 Å². The number of rotatable bonds is 59. The Morgan fingerprint density at radius 1 is 0.269 bits per heavy atom. The second kappa shape index (κ2) is 65.6. The third-order valence-electron chi connectivity index (χ3n) is 14.0. The highest BCUT2D eigenvalue weighted by atomic mass is 16.6. The Bertz CT molecular complexity index is 1570. The molecule has 0 spiro atoms. The standard InChI is InChI=1S/C72H122O6/c1-4-7-10-13-16-19-22-25-28-30-32-33-34-35-36-37-38-39-41-42-44-47-50-53-56-59-62-65-71(74)77-68-69(67-76-70(73)64-61-58-55-52-49-46-27-24-21-18-15-12-9-6-3)78-72(75)66-63-60-57-54-51-48-45-43-40-31-29-26-23-20-17-14-11-8-5-2/h7,10,16,19,24-25,27-28,32-33,35-36,38-39,42,44,50,53,69H,4-6,8-9,11-15,17-18,20-23,26,29-31,34,37,40-41,43,45-49,51-52,54-68H2,1-3H3/b10-7-,19-16-,27-24-,28-25-,33-32-,36-35-,39-38-,44-42-,53-50-. The van der Waals surface area contributed by atoms with E-state index in [1.165, 1.54) is 154 Å². The minimum absolute atomic E-state index is 0.0946. The Kier molecular flexibility index (Phi) is 62.3. The average Bonchev–Trinajstić information content (AvgIpc) is 3.44. The molecule has 0 saturated heterocycles. The molecule has 0 aliphatic rings. The van der Waals surface area contributed by atoms with Crippen molar-refractivity contribution in [3.63, 3.8) is 0 Å². The molecule has 446 valence electrons. The first-order valence-corrected chi connectivity index (χ1v) is 32.9. The lowest BCUT2D eigenvalue weighted by molar-refractivity contribution is -0.167. The molecule has 0 saturated carbocycles. The maximum absolute atomic E-state index is 12.9. The summed E-state index contributed by atoms with van der Waals surface area (Å²) in [6, 6.07) is 0. The minimum Gasteiger partial charge on any atom is -0.462 e. The molecule has 78 heavy (non-hydrogen) atoms. The lowest BCUT2D eigenvalue weighted by Crippen LogP contribution is -2.30. The van der Waals surface area contributed by atoms with Crippen molar-refractivity contribution >= 4 is 17.9 Å². The van der Waals surface area contributed by atoms with Crippen LogP contribution in [0.4, 0.5) is 0 Å². The number of hydrogen-bond acceptors (Lipinski definition) is 6. The lowest BCUT2D eigenvalue weighted by Gasteiger charge is -2.18. The third-order valence-corrected chi connectivity index (χ3v) is 14.0. The monoisotopic (exact) mass is 1080 g/mol. The van der Waals surface area contributed by atoms with Gasteiger partial charge in [-0.1, -0.05) is 291 Å². The molecule has 1 unspecified atom stereocenters. The molecule has 0 heterocycles. The summed E-state index contributed by atoms with van der Waals surface area (Å²) in [5.74, 6) is -0.937. The number of ether oxygens (including phenoxy) is 3. The van der Waals surface area contributed by atoms with Crippen LogP contribution in [0.25, 0.3) is 0 Å². The first kappa shape index (κ1) is 74.1. The van der Waals surface area contributed by atoms with Gasteiger partial charge in [-0.25, -0.2) is 0 Å². The lowest BCUT2D eigenvalue weighted by atomic mass is 10.0. The summed E-state index contributed by atoms with van der Waals surface area (Å²) in [5, 5.41) is 0. The van der Waals surface area contributed by atoms with E-state index >= 15 is 0 Å². The smallest absolute Gasteiger partial charge is 0.306 e. The number of unbranched alkanes of at least 4 members (excludes halogenated alkanes) is 30. The zero-order chi connectivity index (χ0) is 56.4. The summed E-state index contributed by atoms with van der Waals surface area (Å²) in [7, 11) is 0. The molecule has 0 radical (unpaired) electrons. The molecule has 0 aromatic heterocycles. The van der Waals surface area contributed by atoms with E-state index in [-0.39, 0.29) is 31.1 Å². The summed E-state index contributed by atoms with van der Waals surface area (Å²) in [6.45, 7) is 6.50. The Morgan fingerprint density at radius 2 is 0.500 bits per heavy atom. The molecule has 0 bridgehead atoms. The van der Waals surface area contributed by atoms with Crippen LogP contribution < -0.4 is 0 Å². The van der Waals surface area contributed by atoms with Crippen LogP contribution in [0.5, 0.6) is 0 Å². The van der Waals surface area contributed by atoms with Crippen LogP contribution in [0.3, 0.4) is 0 Å². The first-order valence-electron chi connectivity index (χ1n) is 32.9. The van der Waals surface area contributed by atoms with E-state index < -0.39 is 6.10 Å². The zero-order valence-corrected chi connectivity index (χ0v) is 51.2. The minimum atomic E-state index is -0.800.